The van der Waals surface area contributed by atoms with Gasteiger partial charge >= 0.3 is 0 Å². The zero-order valence-corrected chi connectivity index (χ0v) is 9.81. The molecule has 0 aliphatic carbocycles. The molecule has 1 N–H and O–H groups in total. The minimum absolute atomic E-state index is 0.289. The Morgan fingerprint density at radius 3 is 2.67 bits per heavy atom. The average molecular weight is 246 g/mol. The van der Waals surface area contributed by atoms with Crippen molar-refractivity contribution in [3.8, 4) is 0 Å². The Morgan fingerprint density at radius 1 is 1.33 bits per heavy atom. The third kappa shape index (κ3) is 2.85. The van der Waals surface area contributed by atoms with Gasteiger partial charge in [0.2, 0.25) is 0 Å². The number of hydrogen-bond acceptors (Lipinski definition) is 2. The van der Waals surface area contributed by atoms with E-state index in [1.54, 1.807) is 0 Å². The number of hydrogen-bond donors (Lipinski definition) is 1. The molecule has 2 rings (SSSR count). The maximum atomic E-state index is 6.03. The predicted molar refractivity (Wildman–Crippen MR) is 62.5 cm³/mol. The second kappa shape index (κ2) is 5.17. The van der Waals surface area contributed by atoms with Crippen molar-refractivity contribution >= 4 is 23.2 Å². The minimum atomic E-state index is 0.289. The summed E-state index contributed by atoms with van der Waals surface area (Å²) in [7, 11) is 0. The minimum Gasteiger partial charge on any atom is -0.372 e. The van der Waals surface area contributed by atoms with Gasteiger partial charge in [-0.2, -0.15) is 0 Å². The van der Waals surface area contributed by atoms with Crippen LogP contribution in [0.4, 0.5) is 0 Å². The van der Waals surface area contributed by atoms with Gasteiger partial charge in [0.05, 0.1) is 12.7 Å². The van der Waals surface area contributed by atoms with Gasteiger partial charge in [-0.15, -0.1) is 0 Å². The van der Waals surface area contributed by atoms with E-state index in [0.29, 0.717) is 16.7 Å². The molecule has 1 heterocycles. The van der Waals surface area contributed by atoms with Gasteiger partial charge < -0.3 is 10.1 Å². The summed E-state index contributed by atoms with van der Waals surface area (Å²) >= 11 is 12.1. The van der Waals surface area contributed by atoms with Crippen LogP contribution in [-0.4, -0.2) is 19.2 Å². The van der Waals surface area contributed by atoms with Crippen LogP contribution < -0.4 is 5.32 Å². The van der Waals surface area contributed by atoms with Crippen molar-refractivity contribution in [2.24, 2.45) is 0 Å². The van der Waals surface area contributed by atoms with Gasteiger partial charge in [-0.25, -0.2) is 0 Å². The van der Waals surface area contributed by atoms with Crippen LogP contribution in [0.25, 0.3) is 0 Å². The molecule has 1 saturated heterocycles. The lowest BCUT2D eigenvalue weighted by atomic mass is 10.2. The fraction of sp³-hybridized carbons (Fsp3) is 0.455. The highest BCUT2D eigenvalue weighted by Gasteiger charge is 2.15. The molecule has 1 aliphatic rings. The summed E-state index contributed by atoms with van der Waals surface area (Å²) in [6, 6.07) is 5.50. The van der Waals surface area contributed by atoms with Gasteiger partial charge in [-0.1, -0.05) is 29.3 Å². The first-order chi connectivity index (χ1) is 7.27. The van der Waals surface area contributed by atoms with Crippen LogP contribution in [0.3, 0.4) is 0 Å². The number of ether oxygens (including phenoxy) is 1. The summed E-state index contributed by atoms with van der Waals surface area (Å²) in [5, 5.41) is 4.60. The Labute approximate surface area is 99.5 Å². The van der Waals surface area contributed by atoms with E-state index < -0.39 is 0 Å². The average Bonchev–Trinajstić information content (AvgIpc) is 2.70. The zero-order chi connectivity index (χ0) is 10.7. The molecule has 0 saturated carbocycles. The molecular formula is C11H13Cl2NO. The Hall–Kier alpha value is -0.280. The van der Waals surface area contributed by atoms with Gasteiger partial charge in [-0.3, -0.25) is 0 Å². The van der Waals surface area contributed by atoms with Crippen LogP contribution >= 0.6 is 23.2 Å². The van der Waals surface area contributed by atoms with E-state index in [2.05, 4.69) is 5.32 Å². The van der Waals surface area contributed by atoms with E-state index in [1.165, 1.54) is 0 Å². The van der Waals surface area contributed by atoms with Crippen molar-refractivity contribution in [1.29, 1.82) is 0 Å². The van der Waals surface area contributed by atoms with Crippen molar-refractivity contribution in [1.82, 2.24) is 5.32 Å². The summed E-state index contributed by atoms with van der Waals surface area (Å²) in [5.41, 5.74) is 0.882. The maximum Gasteiger partial charge on any atom is 0.0750 e. The SMILES string of the molecule is Clc1cccc(Cl)c1COC1CCNC1. The monoisotopic (exact) mass is 245 g/mol. The lowest BCUT2D eigenvalue weighted by Crippen LogP contribution is -2.16. The lowest BCUT2D eigenvalue weighted by Gasteiger charge is -2.12. The number of benzene rings is 1. The molecule has 2 nitrogen and oxygen atoms in total. The van der Waals surface area contributed by atoms with Crippen molar-refractivity contribution in [2.75, 3.05) is 13.1 Å². The molecule has 0 amide bonds. The first kappa shape index (κ1) is 11.2. The van der Waals surface area contributed by atoms with Crippen molar-refractivity contribution in [3.63, 3.8) is 0 Å². The smallest absolute Gasteiger partial charge is 0.0750 e. The van der Waals surface area contributed by atoms with Crippen molar-refractivity contribution in [2.45, 2.75) is 19.1 Å². The molecule has 0 aromatic heterocycles. The topological polar surface area (TPSA) is 21.3 Å². The second-order valence-corrected chi connectivity index (χ2v) is 4.44. The van der Waals surface area contributed by atoms with E-state index in [-0.39, 0.29) is 6.10 Å². The molecule has 0 bridgehead atoms. The normalized spacial score (nSPS) is 20.8. The van der Waals surface area contributed by atoms with Gasteiger partial charge in [0.1, 0.15) is 0 Å². The van der Waals surface area contributed by atoms with Crippen LogP contribution in [0, 0.1) is 0 Å². The predicted octanol–water partition coefficient (Wildman–Crippen LogP) is 2.87. The first-order valence-corrected chi connectivity index (χ1v) is 5.78. The van der Waals surface area contributed by atoms with Crippen LogP contribution in [0.1, 0.15) is 12.0 Å². The number of halogens is 2. The molecule has 1 atom stereocenters. The summed E-state index contributed by atoms with van der Waals surface area (Å²) in [6.07, 6.45) is 1.35. The van der Waals surface area contributed by atoms with E-state index >= 15 is 0 Å². The lowest BCUT2D eigenvalue weighted by molar-refractivity contribution is 0.0543. The second-order valence-electron chi connectivity index (χ2n) is 3.63. The van der Waals surface area contributed by atoms with Crippen LogP contribution in [0.5, 0.6) is 0 Å². The third-order valence-corrected chi connectivity index (χ3v) is 3.25. The summed E-state index contributed by atoms with van der Waals surface area (Å²) in [4.78, 5) is 0. The highest BCUT2D eigenvalue weighted by molar-refractivity contribution is 6.35. The van der Waals surface area contributed by atoms with Crippen LogP contribution in [0.15, 0.2) is 18.2 Å². The van der Waals surface area contributed by atoms with Gasteiger partial charge in [0, 0.05) is 22.2 Å². The molecule has 1 fully saturated rings. The number of rotatable bonds is 3. The molecule has 15 heavy (non-hydrogen) atoms. The van der Waals surface area contributed by atoms with Gasteiger partial charge in [0.25, 0.3) is 0 Å². The van der Waals surface area contributed by atoms with E-state index in [4.69, 9.17) is 27.9 Å². The van der Waals surface area contributed by atoms with E-state index in [0.717, 1.165) is 25.1 Å². The van der Waals surface area contributed by atoms with E-state index in [1.807, 2.05) is 18.2 Å². The summed E-state index contributed by atoms with van der Waals surface area (Å²) in [6.45, 7) is 2.44. The van der Waals surface area contributed by atoms with E-state index in [9.17, 15) is 0 Å². The largest absolute Gasteiger partial charge is 0.372 e. The number of nitrogens with one attached hydrogen (secondary N) is 1. The molecule has 1 unspecified atom stereocenters. The Balaban J connectivity index is 1.97. The molecule has 4 heteroatoms. The van der Waals surface area contributed by atoms with Crippen LogP contribution in [-0.2, 0) is 11.3 Å². The highest BCUT2D eigenvalue weighted by atomic mass is 35.5. The Bertz CT molecular complexity index is 317. The molecular weight excluding hydrogens is 233 g/mol. The Morgan fingerprint density at radius 2 is 2.07 bits per heavy atom. The zero-order valence-electron chi connectivity index (χ0n) is 8.30. The fourth-order valence-corrected chi connectivity index (χ4v) is 2.15. The summed E-state index contributed by atoms with van der Waals surface area (Å²) < 4.78 is 5.72. The first-order valence-electron chi connectivity index (χ1n) is 5.02. The van der Waals surface area contributed by atoms with Crippen molar-refractivity contribution < 1.29 is 4.74 Å². The molecule has 1 aromatic rings. The third-order valence-electron chi connectivity index (χ3n) is 2.54. The molecule has 0 radical (unpaired) electrons. The molecule has 1 aliphatic heterocycles. The molecule has 1 aromatic carbocycles. The standard InChI is InChI=1S/C11H13Cl2NO/c12-10-2-1-3-11(13)9(10)7-15-8-4-5-14-6-8/h1-3,8,14H,4-7H2. The highest BCUT2D eigenvalue weighted by Crippen LogP contribution is 2.25. The molecule has 0 spiro atoms. The summed E-state index contributed by atoms with van der Waals surface area (Å²) in [5.74, 6) is 0. The molecule has 82 valence electrons. The quantitative estimate of drug-likeness (QED) is 0.885. The Kier molecular flexibility index (Phi) is 3.87. The van der Waals surface area contributed by atoms with Gasteiger partial charge in [0.15, 0.2) is 0 Å². The maximum absolute atomic E-state index is 6.03. The van der Waals surface area contributed by atoms with Crippen molar-refractivity contribution in [3.05, 3.63) is 33.8 Å². The van der Waals surface area contributed by atoms with Gasteiger partial charge in [-0.05, 0) is 25.1 Å². The van der Waals surface area contributed by atoms with Crippen LogP contribution in [0.2, 0.25) is 10.0 Å². The fourth-order valence-electron chi connectivity index (χ4n) is 1.64.